The fourth-order valence-electron chi connectivity index (χ4n) is 3.46. The molecule has 1 saturated carbocycles. The Morgan fingerprint density at radius 1 is 1.30 bits per heavy atom. The predicted molar refractivity (Wildman–Crippen MR) is 77.9 cm³/mol. The molecule has 1 fully saturated rings. The van der Waals surface area contributed by atoms with Gasteiger partial charge in [0.05, 0.1) is 12.1 Å². The highest BCUT2D eigenvalue weighted by molar-refractivity contribution is 5.81. The van der Waals surface area contributed by atoms with E-state index in [0.717, 1.165) is 18.4 Å². The van der Waals surface area contributed by atoms with Gasteiger partial charge in [-0.2, -0.15) is 0 Å². The average molecular weight is 271 g/mol. The van der Waals surface area contributed by atoms with Gasteiger partial charge in [0.2, 0.25) is 5.91 Å². The molecule has 3 nitrogen and oxygen atoms in total. The lowest BCUT2D eigenvalue weighted by Crippen LogP contribution is -2.49. The van der Waals surface area contributed by atoms with Crippen molar-refractivity contribution < 1.29 is 9.90 Å². The summed E-state index contributed by atoms with van der Waals surface area (Å²) in [6.45, 7) is 1.78. The van der Waals surface area contributed by atoms with Gasteiger partial charge < -0.3 is 10.4 Å². The highest BCUT2D eigenvalue weighted by Gasteiger charge is 2.41. The number of fused-ring (bicyclic) bond motifs is 2. The third kappa shape index (κ3) is 2.27. The molecule has 2 aliphatic carbocycles. The van der Waals surface area contributed by atoms with Crippen molar-refractivity contribution in [2.24, 2.45) is 17.8 Å². The summed E-state index contributed by atoms with van der Waals surface area (Å²) < 4.78 is 0. The van der Waals surface area contributed by atoms with Crippen molar-refractivity contribution in [1.82, 2.24) is 5.32 Å². The lowest BCUT2D eigenvalue weighted by atomic mass is 9.88. The number of nitrogens with one attached hydrogen (secondary N) is 1. The number of carbonyl (C=O) groups excluding carboxylic acids is 1. The van der Waals surface area contributed by atoms with Crippen LogP contribution in [0.15, 0.2) is 42.5 Å². The lowest BCUT2D eigenvalue weighted by Gasteiger charge is -2.31. The Kier molecular flexibility index (Phi) is 3.38. The molecule has 20 heavy (non-hydrogen) atoms. The summed E-state index contributed by atoms with van der Waals surface area (Å²) in [6, 6.07) is 9.67. The molecule has 106 valence electrons. The van der Waals surface area contributed by atoms with E-state index in [4.69, 9.17) is 0 Å². The first-order valence-corrected chi connectivity index (χ1v) is 7.29. The topological polar surface area (TPSA) is 49.3 Å². The Hall–Kier alpha value is -1.61. The Morgan fingerprint density at radius 3 is 2.60 bits per heavy atom. The zero-order valence-corrected chi connectivity index (χ0v) is 11.8. The monoisotopic (exact) mass is 271 g/mol. The Labute approximate surface area is 119 Å². The number of aliphatic hydroxyl groups excluding tert-OH is 1. The van der Waals surface area contributed by atoms with E-state index in [9.17, 15) is 9.90 Å². The van der Waals surface area contributed by atoms with Gasteiger partial charge in [-0.1, -0.05) is 42.5 Å². The molecule has 1 aromatic rings. The quantitative estimate of drug-likeness (QED) is 0.825. The van der Waals surface area contributed by atoms with E-state index in [1.807, 2.05) is 37.3 Å². The normalized spacial score (nSPS) is 30.2. The minimum atomic E-state index is -0.704. The van der Waals surface area contributed by atoms with Crippen LogP contribution in [0.5, 0.6) is 0 Å². The smallest absolute Gasteiger partial charge is 0.224 e. The Balaban J connectivity index is 1.75. The predicted octanol–water partition coefficient (Wildman–Crippen LogP) is 2.22. The molecule has 1 amide bonds. The Morgan fingerprint density at radius 2 is 2.05 bits per heavy atom. The van der Waals surface area contributed by atoms with Crippen LogP contribution < -0.4 is 5.32 Å². The summed E-state index contributed by atoms with van der Waals surface area (Å²) in [4.78, 5) is 12.5. The first kappa shape index (κ1) is 13.4. The molecule has 0 spiro atoms. The van der Waals surface area contributed by atoms with Crippen LogP contribution >= 0.6 is 0 Å². The molecule has 0 aromatic heterocycles. The number of amides is 1. The molecule has 4 unspecified atom stereocenters. The summed E-state index contributed by atoms with van der Waals surface area (Å²) in [7, 11) is 0. The zero-order valence-electron chi connectivity index (χ0n) is 11.8. The van der Waals surface area contributed by atoms with E-state index in [-0.39, 0.29) is 18.4 Å². The van der Waals surface area contributed by atoms with Crippen LogP contribution in [0.1, 0.15) is 25.3 Å². The van der Waals surface area contributed by atoms with Crippen LogP contribution in [0.2, 0.25) is 0 Å². The maximum atomic E-state index is 12.5. The van der Waals surface area contributed by atoms with Crippen molar-refractivity contribution >= 4 is 5.91 Å². The summed E-state index contributed by atoms with van der Waals surface area (Å²) in [5, 5.41) is 12.8. The Bertz CT molecular complexity index is 525. The van der Waals surface area contributed by atoms with Crippen molar-refractivity contribution in [3.63, 3.8) is 0 Å². The molecular formula is C17H21NO2. The first-order chi connectivity index (χ1) is 9.62. The molecule has 4 atom stereocenters. The van der Waals surface area contributed by atoms with E-state index in [1.54, 1.807) is 0 Å². The molecule has 0 radical (unpaired) electrons. The average Bonchev–Trinajstić information content (AvgIpc) is 3.11. The molecule has 0 saturated heterocycles. The summed E-state index contributed by atoms with van der Waals surface area (Å²) >= 11 is 0. The zero-order chi connectivity index (χ0) is 14.2. The van der Waals surface area contributed by atoms with Gasteiger partial charge in [0.1, 0.15) is 0 Å². The van der Waals surface area contributed by atoms with Gasteiger partial charge in [-0.15, -0.1) is 0 Å². The summed E-state index contributed by atoms with van der Waals surface area (Å²) in [5.74, 6) is 1.11. The molecule has 2 N–H and O–H groups in total. The summed E-state index contributed by atoms with van der Waals surface area (Å²) in [6.07, 6.45) is 6.47. The van der Waals surface area contributed by atoms with Crippen LogP contribution in [0.25, 0.3) is 0 Å². The molecule has 0 heterocycles. The molecule has 3 heteroatoms. The molecule has 3 rings (SSSR count). The van der Waals surface area contributed by atoms with Gasteiger partial charge >= 0.3 is 0 Å². The van der Waals surface area contributed by atoms with Gasteiger partial charge in [-0.05, 0) is 37.2 Å². The first-order valence-electron chi connectivity index (χ1n) is 7.29. The molecule has 1 aromatic carbocycles. The maximum absolute atomic E-state index is 12.5. The van der Waals surface area contributed by atoms with E-state index in [1.165, 1.54) is 0 Å². The number of carbonyl (C=O) groups is 1. The van der Waals surface area contributed by atoms with Crippen LogP contribution in [0, 0.1) is 17.8 Å². The van der Waals surface area contributed by atoms with Crippen LogP contribution in [0.3, 0.4) is 0 Å². The number of hydrogen-bond acceptors (Lipinski definition) is 2. The van der Waals surface area contributed by atoms with Crippen LogP contribution in [-0.4, -0.2) is 17.6 Å². The van der Waals surface area contributed by atoms with Crippen molar-refractivity contribution in [3.8, 4) is 0 Å². The van der Waals surface area contributed by atoms with E-state index in [2.05, 4.69) is 17.5 Å². The summed E-state index contributed by atoms with van der Waals surface area (Å²) in [5.41, 5.74) is 0.235. The van der Waals surface area contributed by atoms with Gasteiger partial charge in [0.15, 0.2) is 0 Å². The SMILES string of the molecule is CC(CO)(NC(=O)C1CC2C=CC1C2)c1ccccc1. The second-order valence-corrected chi connectivity index (χ2v) is 6.23. The van der Waals surface area contributed by atoms with Gasteiger partial charge in [0.25, 0.3) is 0 Å². The number of aliphatic hydroxyl groups is 1. The largest absolute Gasteiger partial charge is 0.394 e. The molecule has 0 aliphatic heterocycles. The van der Waals surface area contributed by atoms with Crippen molar-refractivity contribution in [2.75, 3.05) is 6.61 Å². The minimum Gasteiger partial charge on any atom is -0.394 e. The van der Waals surface area contributed by atoms with E-state index in [0.29, 0.717) is 11.8 Å². The van der Waals surface area contributed by atoms with E-state index < -0.39 is 5.54 Å². The number of rotatable bonds is 4. The molecular weight excluding hydrogens is 250 g/mol. The second kappa shape index (κ2) is 5.06. The standard InChI is InChI=1S/C17H21NO2/c1-17(11-19,14-5-3-2-4-6-14)18-16(20)15-10-12-7-8-13(15)9-12/h2-8,12-13,15,19H,9-11H2,1H3,(H,18,20). The molecule has 2 bridgehead atoms. The van der Waals surface area contributed by atoms with E-state index >= 15 is 0 Å². The van der Waals surface area contributed by atoms with Crippen LogP contribution in [-0.2, 0) is 10.3 Å². The molecule has 2 aliphatic rings. The third-order valence-electron chi connectivity index (χ3n) is 4.74. The maximum Gasteiger partial charge on any atom is 0.224 e. The highest BCUT2D eigenvalue weighted by atomic mass is 16.3. The van der Waals surface area contributed by atoms with Crippen LogP contribution in [0.4, 0.5) is 0 Å². The fraction of sp³-hybridized carbons (Fsp3) is 0.471. The number of benzene rings is 1. The lowest BCUT2D eigenvalue weighted by molar-refractivity contribution is -0.128. The fourth-order valence-corrected chi connectivity index (χ4v) is 3.46. The second-order valence-electron chi connectivity index (χ2n) is 6.23. The number of hydrogen-bond donors (Lipinski definition) is 2. The third-order valence-corrected chi connectivity index (χ3v) is 4.74. The van der Waals surface area contributed by atoms with Gasteiger partial charge in [0, 0.05) is 5.92 Å². The number of allylic oxidation sites excluding steroid dienone is 2. The minimum absolute atomic E-state index is 0.0691. The van der Waals surface area contributed by atoms with Crippen molar-refractivity contribution in [2.45, 2.75) is 25.3 Å². The highest BCUT2D eigenvalue weighted by Crippen LogP contribution is 2.43. The van der Waals surface area contributed by atoms with Gasteiger partial charge in [-0.3, -0.25) is 4.79 Å². The van der Waals surface area contributed by atoms with Crippen molar-refractivity contribution in [3.05, 3.63) is 48.0 Å². The van der Waals surface area contributed by atoms with Gasteiger partial charge in [-0.25, -0.2) is 0 Å². The van der Waals surface area contributed by atoms with Crippen molar-refractivity contribution in [1.29, 1.82) is 0 Å².